The maximum Gasteiger partial charge on any atom is 0.329 e. The predicted octanol–water partition coefficient (Wildman–Crippen LogP) is 2.69. The lowest BCUT2D eigenvalue weighted by atomic mass is 9.92. The van der Waals surface area contributed by atoms with Gasteiger partial charge < -0.3 is 3.07 Å². The smallest absolute Gasteiger partial charge is 0.329 e. The molecule has 0 aliphatic carbocycles. The average molecular weight is 321 g/mol. The summed E-state index contributed by atoms with van der Waals surface area (Å²) in [5.74, 6) is -0.229. The van der Waals surface area contributed by atoms with Gasteiger partial charge in [0.2, 0.25) is 0 Å². The van der Waals surface area contributed by atoms with Gasteiger partial charge in [-0.3, -0.25) is 4.79 Å². The fourth-order valence-corrected chi connectivity index (χ4v) is 1.09. The van der Waals surface area contributed by atoms with Crippen LogP contribution in [0.5, 0.6) is 0 Å². The summed E-state index contributed by atoms with van der Waals surface area (Å²) in [6.07, 6.45) is 0. The van der Waals surface area contributed by atoms with Gasteiger partial charge in [0.1, 0.15) is 4.83 Å². The molecule has 0 amide bonds. The van der Waals surface area contributed by atoms with Crippen LogP contribution in [0.2, 0.25) is 0 Å². The maximum absolute atomic E-state index is 10.9. The van der Waals surface area contributed by atoms with Crippen molar-refractivity contribution in [3.8, 4) is 0 Å². The zero-order valence-corrected chi connectivity index (χ0v) is 9.89. The molecule has 60 valence electrons. The monoisotopic (exact) mass is 320 g/mol. The fourth-order valence-electron chi connectivity index (χ4n) is 0.393. The molecular weight excluding hydrogens is 311 g/mol. The second-order valence-electron chi connectivity index (χ2n) is 3.12. The summed E-state index contributed by atoms with van der Waals surface area (Å²) in [6.45, 7) is 5.92. The average Bonchev–Trinajstić information content (AvgIpc) is 1.83. The van der Waals surface area contributed by atoms with Crippen molar-refractivity contribution in [1.29, 1.82) is 0 Å². The van der Waals surface area contributed by atoms with Crippen LogP contribution in [0.1, 0.15) is 20.8 Å². The van der Waals surface area contributed by atoms with Gasteiger partial charge in [-0.2, -0.15) is 0 Å². The van der Waals surface area contributed by atoms with Crippen molar-refractivity contribution in [2.45, 2.75) is 25.6 Å². The Bertz CT molecular complexity index is 130. The van der Waals surface area contributed by atoms with E-state index in [1.165, 1.54) is 0 Å². The molecule has 2 nitrogen and oxygen atoms in total. The number of hydrogen-bond acceptors (Lipinski definition) is 2. The summed E-state index contributed by atoms with van der Waals surface area (Å²) in [4.78, 5) is 10.7. The van der Waals surface area contributed by atoms with Crippen LogP contribution < -0.4 is 0 Å². The molecule has 0 fully saturated rings. The van der Waals surface area contributed by atoms with Crippen LogP contribution in [0.25, 0.3) is 0 Å². The SMILES string of the molecule is CC(C)(C)C(Br)C(=O)OI. The summed E-state index contributed by atoms with van der Waals surface area (Å²) in [5, 5.41) is 0. The van der Waals surface area contributed by atoms with E-state index in [4.69, 9.17) is 0 Å². The molecule has 0 aliphatic heterocycles. The highest BCUT2D eigenvalue weighted by molar-refractivity contribution is 14.1. The Kier molecular flexibility index (Phi) is 4.16. The van der Waals surface area contributed by atoms with Crippen LogP contribution in [0.3, 0.4) is 0 Å². The number of rotatable bonds is 1. The zero-order valence-electron chi connectivity index (χ0n) is 6.15. The Labute approximate surface area is 83.5 Å². The maximum atomic E-state index is 10.9. The molecule has 0 aromatic carbocycles. The minimum Gasteiger partial charge on any atom is -0.394 e. The van der Waals surface area contributed by atoms with Gasteiger partial charge in [-0.05, 0) is 5.41 Å². The van der Waals surface area contributed by atoms with E-state index in [-0.39, 0.29) is 16.2 Å². The third-order valence-corrected chi connectivity index (χ3v) is 3.22. The van der Waals surface area contributed by atoms with E-state index in [1.807, 2.05) is 20.8 Å². The lowest BCUT2D eigenvalue weighted by Crippen LogP contribution is -2.28. The molecule has 0 spiro atoms. The first-order valence-corrected chi connectivity index (χ1v) is 4.65. The van der Waals surface area contributed by atoms with E-state index in [0.29, 0.717) is 0 Å². The normalized spacial score (nSPS) is 14.5. The van der Waals surface area contributed by atoms with Gasteiger partial charge in [0, 0.05) is 0 Å². The molecule has 0 aromatic rings. The minimum atomic E-state index is -0.229. The second-order valence-corrected chi connectivity index (χ2v) is 4.48. The van der Waals surface area contributed by atoms with Crippen LogP contribution in [-0.2, 0) is 7.86 Å². The number of halogens is 2. The first-order chi connectivity index (χ1) is 4.39. The quantitative estimate of drug-likeness (QED) is 0.548. The highest BCUT2D eigenvalue weighted by atomic mass is 127. The molecule has 0 bridgehead atoms. The largest absolute Gasteiger partial charge is 0.394 e. The second kappa shape index (κ2) is 3.90. The van der Waals surface area contributed by atoms with Crippen molar-refractivity contribution in [1.82, 2.24) is 0 Å². The minimum absolute atomic E-state index is 0.0811. The van der Waals surface area contributed by atoms with Gasteiger partial charge in [-0.15, -0.1) is 0 Å². The van der Waals surface area contributed by atoms with E-state index < -0.39 is 0 Å². The van der Waals surface area contributed by atoms with Gasteiger partial charge in [-0.1, -0.05) is 36.7 Å². The molecule has 10 heavy (non-hydrogen) atoms. The Balaban J connectivity index is 4.08. The molecule has 0 rings (SSSR count). The lowest BCUT2D eigenvalue weighted by molar-refractivity contribution is -0.132. The van der Waals surface area contributed by atoms with Gasteiger partial charge in [0.05, 0.1) is 0 Å². The van der Waals surface area contributed by atoms with Crippen molar-refractivity contribution >= 4 is 44.9 Å². The van der Waals surface area contributed by atoms with E-state index in [0.717, 1.165) is 0 Å². The molecule has 0 saturated heterocycles. The highest BCUT2D eigenvalue weighted by Gasteiger charge is 2.29. The van der Waals surface area contributed by atoms with Crippen molar-refractivity contribution in [3.63, 3.8) is 0 Å². The van der Waals surface area contributed by atoms with E-state index >= 15 is 0 Å². The van der Waals surface area contributed by atoms with E-state index in [1.54, 1.807) is 23.0 Å². The molecule has 0 aromatic heterocycles. The summed E-state index contributed by atoms with van der Waals surface area (Å²) in [7, 11) is 0. The Morgan fingerprint density at radius 2 is 2.00 bits per heavy atom. The Hall–Kier alpha value is 0.680. The molecule has 0 heterocycles. The van der Waals surface area contributed by atoms with Crippen molar-refractivity contribution in [3.05, 3.63) is 0 Å². The first kappa shape index (κ1) is 10.7. The Morgan fingerprint density at radius 3 is 2.10 bits per heavy atom. The van der Waals surface area contributed by atoms with E-state index in [9.17, 15) is 4.79 Å². The van der Waals surface area contributed by atoms with E-state index in [2.05, 4.69) is 19.0 Å². The molecule has 0 radical (unpaired) electrons. The molecule has 4 heteroatoms. The Morgan fingerprint density at radius 1 is 1.60 bits per heavy atom. The van der Waals surface area contributed by atoms with Gasteiger partial charge >= 0.3 is 5.97 Å². The molecule has 0 aliphatic rings. The van der Waals surface area contributed by atoms with Crippen molar-refractivity contribution in [2.24, 2.45) is 5.41 Å². The van der Waals surface area contributed by atoms with Gasteiger partial charge in [-0.25, -0.2) is 0 Å². The van der Waals surface area contributed by atoms with Crippen LogP contribution >= 0.6 is 38.9 Å². The molecule has 0 saturated carbocycles. The summed E-state index contributed by atoms with van der Waals surface area (Å²) < 4.78 is 4.52. The number of carbonyl (C=O) groups is 1. The summed E-state index contributed by atoms with van der Waals surface area (Å²) in [6, 6.07) is 0. The van der Waals surface area contributed by atoms with Crippen LogP contribution in [0.4, 0.5) is 0 Å². The van der Waals surface area contributed by atoms with Crippen molar-refractivity contribution in [2.75, 3.05) is 0 Å². The third-order valence-electron chi connectivity index (χ3n) is 1.04. The zero-order chi connectivity index (χ0) is 8.36. The topological polar surface area (TPSA) is 26.3 Å². The number of hydrogen-bond donors (Lipinski definition) is 0. The molecule has 0 N–H and O–H groups in total. The third kappa shape index (κ3) is 3.18. The van der Waals surface area contributed by atoms with Crippen LogP contribution in [0.15, 0.2) is 0 Å². The summed E-state index contributed by atoms with van der Waals surface area (Å²) >= 11 is 4.83. The highest BCUT2D eigenvalue weighted by Crippen LogP contribution is 2.27. The van der Waals surface area contributed by atoms with Crippen molar-refractivity contribution < 1.29 is 7.86 Å². The summed E-state index contributed by atoms with van der Waals surface area (Å²) in [5.41, 5.74) is -0.0811. The lowest BCUT2D eigenvalue weighted by Gasteiger charge is -2.21. The predicted molar refractivity (Wildman–Crippen MR) is 52.3 cm³/mol. The molecule has 1 unspecified atom stereocenters. The van der Waals surface area contributed by atoms with Gasteiger partial charge in [0.15, 0.2) is 23.0 Å². The molecule has 1 atom stereocenters. The fraction of sp³-hybridized carbons (Fsp3) is 0.833. The molecular formula is C6H10BrIO2. The van der Waals surface area contributed by atoms with Gasteiger partial charge in [0.25, 0.3) is 0 Å². The standard InChI is InChI=1S/C6H10BrIO2/c1-6(2,3)4(7)5(9)10-8/h4H,1-3H3. The first-order valence-electron chi connectivity index (χ1n) is 2.86. The van der Waals surface area contributed by atoms with Crippen LogP contribution in [0, 0.1) is 5.41 Å². The number of carbonyl (C=O) groups excluding carboxylic acids is 1. The van der Waals surface area contributed by atoms with Crippen LogP contribution in [-0.4, -0.2) is 10.8 Å². The number of alkyl halides is 1.